The maximum atomic E-state index is 11.4. The Morgan fingerprint density at radius 2 is 1.86 bits per heavy atom. The molecule has 0 saturated heterocycles. The van der Waals surface area contributed by atoms with Crippen LogP contribution >= 0.6 is 11.3 Å². The quantitative estimate of drug-likeness (QED) is 0.699. The topological polar surface area (TPSA) is 53.1 Å². The Balaban J connectivity index is 3.07. The zero-order valence-corrected chi connectivity index (χ0v) is 9.08. The van der Waals surface area contributed by atoms with Gasteiger partial charge in [-0.05, 0) is 26.3 Å². The van der Waals surface area contributed by atoms with E-state index in [0.29, 0.717) is 5.56 Å². The van der Waals surface area contributed by atoms with Gasteiger partial charge in [0, 0.05) is 4.88 Å². The summed E-state index contributed by atoms with van der Waals surface area (Å²) in [4.78, 5) is 16.0. The van der Waals surface area contributed by atoms with Gasteiger partial charge in [0.1, 0.15) is 10.6 Å². The van der Waals surface area contributed by atoms with E-state index >= 15 is 0 Å². The minimum Gasteiger partial charge on any atom is -0.507 e. The van der Waals surface area contributed by atoms with Crippen LogP contribution in [-0.2, 0) is 0 Å². The standard InChI is InChI=1S/C10H11NO2S/c1-4-6(3)14-10-7(4)8(12)5(2)9(13)11-10/h1-3H3,(H2,11,12,13). The molecule has 0 saturated carbocycles. The molecule has 0 aromatic carbocycles. The summed E-state index contributed by atoms with van der Waals surface area (Å²) in [5.74, 6) is 0.116. The zero-order chi connectivity index (χ0) is 10.5. The van der Waals surface area contributed by atoms with Crippen molar-refractivity contribution < 1.29 is 5.11 Å². The maximum Gasteiger partial charge on any atom is 0.255 e. The highest BCUT2D eigenvalue weighted by Crippen LogP contribution is 2.34. The van der Waals surface area contributed by atoms with E-state index in [1.54, 1.807) is 6.92 Å². The number of aromatic amines is 1. The lowest BCUT2D eigenvalue weighted by atomic mass is 10.1. The second kappa shape index (κ2) is 2.85. The Labute approximate surface area is 85.0 Å². The summed E-state index contributed by atoms with van der Waals surface area (Å²) in [6, 6.07) is 0. The first-order chi connectivity index (χ1) is 6.52. The number of aryl methyl sites for hydroxylation is 2. The first kappa shape index (κ1) is 9.27. The van der Waals surface area contributed by atoms with E-state index in [1.807, 2.05) is 13.8 Å². The monoisotopic (exact) mass is 209 g/mol. The molecule has 0 bridgehead atoms. The molecule has 0 fully saturated rings. The molecule has 0 radical (unpaired) electrons. The number of hydrogen-bond acceptors (Lipinski definition) is 3. The third-order valence-corrected chi connectivity index (χ3v) is 3.67. The Morgan fingerprint density at radius 1 is 1.21 bits per heavy atom. The van der Waals surface area contributed by atoms with Crippen LogP contribution < -0.4 is 5.56 Å². The van der Waals surface area contributed by atoms with E-state index in [2.05, 4.69) is 4.98 Å². The molecule has 0 spiro atoms. The molecule has 0 atom stereocenters. The largest absolute Gasteiger partial charge is 0.507 e. The first-order valence-corrected chi connectivity index (χ1v) is 5.15. The summed E-state index contributed by atoms with van der Waals surface area (Å²) in [5, 5.41) is 10.6. The van der Waals surface area contributed by atoms with Crippen LogP contribution in [0.25, 0.3) is 10.2 Å². The predicted molar refractivity (Wildman–Crippen MR) is 58.3 cm³/mol. The van der Waals surface area contributed by atoms with Crippen LogP contribution in [0.5, 0.6) is 5.75 Å². The second-order valence-corrected chi connectivity index (χ2v) is 4.64. The molecule has 2 aromatic rings. The molecule has 3 nitrogen and oxygen atoms in total. The van der Waals surface area contributed by atoms with Crippen molar-refractivity contribution in [1.82, 2.24) is 4.98 Å². The molecular weight excluding hydrogens is 198 g/mol. The van der Waals surface area contributed by atoms with Crippen molar-refractivity contribution in [2.24, 2.45) is 0 Å². The highest BCUT2D eigenvalue weighted by Gasteiger charge is 2.13. The van der Waals surface area contributed by atoms with Gasteiger partial charge in [-0.1, -0.05) is 0 Å². The lowest BCUT2D eigenvalue weighted by molar-refractivity contribution is 0.476. The molecule has 0 aliphatic heterocycles. The van der Waals surface area contributed by atoms with Crippen LogP contribution in [0.4, 0.5) is 0 Å². The molecule has 74 valence electrons. The van der Waals surface area contributed by atoms with Crippen molar-refractivity contribution in [1.29, 1.82) is 0 Å². The molecule has 14 heavy (non-hydrogen) atoms. The fourth-order valence-electron chi connectivity index (χ4n) is 1.49. The third-order valence-electron chi connectivity index (χ3n) is 2.54. The van der Waals surface area contributed by atoms with Crippen molar-refractivity contribution in [2.45, 2.75) is 20.8 Å². The predicted octanol–water partition coefficient (Wildman–Crippen LogP) is 2.22. The Hall–Kier alpha value is -1.29. The van der Waals surface area contributed by atoms with E-state index in [1.165, 1.54) is 11.3 Å². The van der Waals surface area contributed by atoms with E-state index < -0.39 is 0 Å². The molecule has 2 N–H and O–H groups in total. The molecule has 0 amide bonds. The lowest BCUT2D eigenvalue weighted by Gasteiger charge is -2.00. The van der Waals surface area contributed by atoms with Gasteiger partial charge in [-0.15, -0.1) is 11.3 Å². The van der Waals surface area contributed by atoms with Crippen molar-refractivity contribution >= 4 is 21.6 Å². The average molecular weight is 209 g/mol. The third kappa shape index (κ3) is 1.07. The number of aromatic nitrogens is 1. The summed E-state index contributed by atoms with van der Waals surface area (Å²) in [6.45, 7) is 5.55. The Kier molecular flexibility index (Phi) is 1.89. The van der Waals surface area contributed by atoms with Crippen molar-refractivity contribution in [2.75, 3.05) is 0 Å². The smallest absolute Gasteiger partial charge is 0.255 e. The van der Waals surface area contributed by atoms with Gasteiger partial charge in [0.15, 0.2) is 0 Å². The summed E-state index contributed by atoms with van der Waals surface area (Å²) >= 11 is 1.50. The van der Waals surface area contributed by atoms with Gasteiger partial charge in [0.05, 0.1) is 10.9 Å². The molecule has 0 aliphatic rings. The van der Waals surface area contributed by atoms with Crippen LogP contribution in [-0.4, -0.2) is 10.1 Å². The highest BCUT2D eigenvalue weighted by atomic mass is 32.1. The molecule has 2 heterocycles. The number of rotatable bonds is 0. The van der Waals surface area contributed by atoms with Crippen LogP contribution in [0.1, 0.15) is 16.0 Å². The van der Waals surface area contributed by atoms with Gasteiger partial charge in [-0.25, -0.2) is 0 Å². The van der Waals surface area contributed by atoms with E-state index in [4.69, 9.17) is 0 Å². The number of H-pyrrole nitrogens is 1. The fourth-order valence-corrected chi connectivity index (χ4v) is 2.55. The maximum absolute atomic E-state index is 11.4. The normalized spacial score (nSPS) is 11.1. The number of aromatic hydroxyl groups is 1. The Morgan fingerprint density at radius 3 is 2.50 bits per heavy atom. The number of nitrogens with one attached hydrogen (secondary N) is 1. The Bertz CT molecular complexity index is 565. The van der Waals surface area contributed by atoms with Gasteiger partial charge >= 0.3 is 0 Å². The van der Waals surface area contributed by atoms with Crippen molar-refractivity contribution in [3.05, 3.63) is 26.4 Å². The lowest BCUT2D eigenvalue weighted by Crippen LogP contribution is -2.08. The fraction of sp³-hybridized carbons (Fsp3) is 0.300. The van der Waals surface area contributed by atoms with Crippen LogP contribution in [0.2, 0.25) is 0 Å². The van der Waals surface area contributed by atoms with E-state index in [9.17, 15) is 9.90 Å². The number of pyridine rings is 1. The summed E-state index contributed by atoms with van der Waals surface area (Å²) in [5.41, 5.74) is 1.22. The van der Waals surface area contributed by atoms with Crippen molar-refractivity contribution in [3.63, 3.8) is 0 Å². The molecule has 2 rings (SSSR count). The minimum atomic E-state index is -0.212. The minimum absolute atomic E-state index is 0.116. The first-order valence-electron chi connectivity index (χ1n) is 4.34. The number of fused-ring (bicyclic) bond motifs is 1. The zero-order valence-electron chi connectivity index (χ0n) is 8.26. The number of thiophene rings is 1. The molecule has 0 aliphatic carbocycles. The molecule has 4 heteroatoms. The van der Waals surface area contributed by atoms with Crippen LogP contribution in [0.3, 0.4) is 0 Å². The van der Waals surface area contributed by atoms with Crippen LogP contribution in [0, 0.1) is 20.8 Å². The van der Waals surface area contributed by atoms with Gasteiger partial charge in [-0.2, -0.15) is 0 Å². The van der Waals surface area contributed by atoms with E-state index in [-0.39, 0.29) is 11.3 Å². The van der Waals surface area contributed by atoms with Crippen molar-refractivity contribution in [3.8, 4) is 5.75 Å². The van der Waals surface area contributed by atoms with Crippen LogP contribution in [0.15, 0.2) is 4.79 Å². The van der Waals surface area contributed by atoms with E-state index in [0.717, 1.165) is 20.7 Å². The molecular formula is C10H11NO2S. The van der Waals surface area contributed by atoms with Gasteiger partial charge < -0.3 is 10.1 Å². The molecule has 0 unspecified atom stereocenters. The summed E-state index contributed by atoms with van der Waals surface area (Å²) in [7, 11) is 0. The number of hydrogen-bond donors (Lipinski definition) is 2. The average Bonchev–Trinajstić information content (AvgIpc) is 2.39. The van der Waals surface area contributed by atoms with Gasteiger partial charge in [0.25, 0.3) is 5.56 Å². The summed E-state index contributed by atoms with van der Waals surface area (Å²) < 4.78 is 0. The second-order valence-electron chi connectivity index (χ2n) is 3.42. The van der Waals surface area contributed by atoms with Gasteiger partial charge in [-0.3, -0.25) is 4.79 Å². The summed E-state index contributed by atoms with van der Waals surface area (Å²) in [6.07, 6.45) is 0. The SMILES string of the molecule is Cc1sc2[nH]c(=O)c(C)c(O)c2c1C. The molecule has 2 aromatic heterocycles. The van der Waals surface area contributed by atoms with Gasteiger partial charge in [0.2, 0.25) is 0 Å². The highest BCUT2D eigenvalue weighted by molar-refractivity contribution is 7.18.